The molecule has 0 aliphatic heterocycles. The van der Waals surface area contributed by atoms with Crippen molar-refractivity contribution in [1.82, 2.24) is 14.8 Å². The summed E-state index contributed by atoms with van der Waals surface area (Å²) in [5.74, 6) is -0.346. The lowest BCUT2D eigenvalue weighted by Crippen LogP contribution is -2.11. The summed E-state index contributed by atoms with van der Waals surface area (Å²) in [7, 11) is 0. The van der Waals surface area contributed by atoms with E-state index in [0.29, 0.717) is 12.1 Å². The molecule has 1 heterocycles. The van der Waals surface area contributed by atoms with Crippen LogP contribution in [-0.2, 0) is 12.4 Å². The standard InChI is InChI=1S/C13H5BrF6N4/c14-10(4-21)5-24-6-22-11(23-24)7-1-8(12(15,16)17)3-9(2-7)13(18,19)20/h1-3,5-6H. The van der Waals surface area contributed by atoms with Gasteiger partial charge in [-0.2, -0.15) is 31.6 Å². The van der Waals surface area contributed by atoms with Crippen molar-refractivity contribution >= 4 is 22.1 Å². The molecule has 0 saturated carbocycles. The third-order valence-electron chi connectivity index (χ3n) is 2.71. The number of rotatable bonds is 2. The van der Waals surface area contributed by atoms with Gasteiger partial charge in [0.1, 0.15) is 16.9 Å². The Kier molecular flexibility index (Phi) is 4.70. The van der Waals surface area contributed by atoms with Crippen LogP contribution in [0.5, 0.6) is 0 Å². The van der Waals surface area contributed by atoms with Gasteiger partial charge in [0.25, 0.3) is 0 Å². The summed E-state index contributed by atoms with van der Waals surface area (Å²) in [5, 5.41) is 12.3. The minimum Gasteiger partial charge on any atom is -0.226 e. The molecule has 0 N–H and O–H groups in total. The Labute approximate surface area is 139 Å². The van der Waals surface area contributed by atoms with E-state index < -0.39 is 29.0 Å². The Hall–Kier alpha value is -2.35. The van der Waals surface area contributed by atoms with Gasteiger partial charge in [-0.15, -0.1) is 5.10 Å². The van der Waals surface area contributed by atoms with E-state index in [1.54, 1.807) is 6.07 Å². The number of nitrogens with zero attached hydrogens (tertiary/aromatic N) is 4. The van der Waals surface area contributed by atoms with Gasteiger partial charge in [-0.05, 0) is 34.1 Å². The molecule has 0 amide bonds. The zero-order chi connectivity index (χ0) is 18.1. The molecule has 11 heteroatoms. The van der Waals surface area contributed by atoms with E-state index >= 15 is 0 Å². The van der Waals surface area contributed by atoms with E-state index in [1.165, 1.54) is 0 Å². The minimum atomic E-state index is -4.96. The SMILES string of the molecule is N#CC(Br)=Cn1cnc(-c2cc(C(F)(F)F)cc(C(F)(F)F)c2)n1. The average molecular weight is 411 g/mol. The Balaban J connectivity index is 2.56. The Bertz CT molecular complexity index is 796. The Morgan fingerprint density at radius 3 is 2.08 bits per heavy atom. The Morgan fingerprint density at radius 2 is 1.62 bits per heavy atom. The molecule has 0 aliphatic rings. The van der Waals surface area contributed by atoms with Crippen molar-refractivity contribution in [1.29, 1.82) is 5.26 Å². The van der Waals surface area contributed by atoms with Gasteiger partial charge in [0, 0.05) is 5.56 Å². The van der Waals surface area contributed by atoms with Gasteiger partial charge < -0.3 is 0 Å². The predicted octanol–water partition coefficient (Wildman–Crippen LogP) is 4.70. The molecule has 0 unspecified atom stereocenters. The van der Waals surface area contributed by atoms with E-state index in [0.717, 1.165) is 17.2 Å². The van der Waals surface area contributed by atoms with Crippen LogP contribution in [0, 0.1) is 11.3 Å². The molecular weight excluding hydrogens is 406 g/mol. The highest BCUT2D eigenvalue weighted by atomic mass is 79.9. The van der Waals surface area contributed by atoms with Crippen LogP contribution in [0.4, 0.5) is 26.3 Å². The van der Waals surface area contributed by atoms with Crippen LogP contribution >= 0.6 is 15.9 Å². The third kappa shape index (κ3) is 4.14. The second-order valence-corrected chi connectivity index (χ2v) is 5.29. The maximum absolute atomic E-state index is 12.8. The smallest absolute Gasteiger partial charge is 0.226 e. The third-order valence-corrected chi connectivity index (χ3v) is 3.09. The highest BCUT2D eigenvalue weighted by Gasteiger charge is 2.37. The van der Waals surface area contributed by atoms with Crippen molar-refractivity contribution < 1.29 is 26.3 Å². The molecule has 1 aromatic heterocycles. The van der Waals surface area contributed by atoms with Gasteiger partial charge in [0.15, 0.2) is 5.82 Å². The number of halogens is 7. The van der Waals surface area contributed by atoms with Crippen molar-refractivity contribution in [3.05, 3.63) is 40.1 Å². The first kappa shape index (κ1) is 18.0. The van der Waals surface area contributed by atoms with Crippen molar-refractivity contribution in [2.24, 2.45) is 0 Å². The number of aromatic nitrogens is 3. The lowest BCUT2D eigenvalue weighted by atomic mass is 10.0. The summed E-state index contributed by atoms with van der Waals surface area (Å²) in [5.41, 5.74) is -3.37. The maximum Gasteiger partial charge on any atom is 0.416 e. The minimum absolute atomic E-state index is 0.0205. The summed E-state index contributed by atoms with van der Waals surface area (Å²) >= 11 is 2.87. The zero-order valence-electron chi connectivity index (χ0n) is 11.3. The van der Waals surface area contributed by atoms with Crippen LogP contribution in [0.1, 0.15) is 11.1 Å². The number of hydrogen-bond acceptors (Lipinski definition) is 3. The number of benzene rings is 1. The molecule has 0 fully saturated rings. The zero-order valence-corrected chi connectivity index (χ0v) is 12.9. The summed E-state index contributed by atoms with van der Waals surface area (Å²) < 4.78 is 77.9. The molecule has 0 atom stereocenters. The predicted molar refractivity (Wildman–Crippen MR) is 74.3 cm³/mol. The average Bonchev–Trinajstić information content (AvgIpc) is 2.93. The summed E-state index contributed by atoms with van der Waals surface area (Å²) in [6.45, 7) is 0. The first-order valence-corrected chi connectivity index (χ1v) is 6.78. The van der Waals surface area contributed by atoms with Gasteiger partial charge in [-0.1, -0.05) is 0 Å². The van der Waals surface area contributed by atoms with E-state index in [1.807, 2.05) is 0 Å². The molecule has 4 nitrogen and oxygen atoms in total. The van der Waals surface area contributed by atoms with Crippen molar-refractivity contribution in [3.8, 4) is 17.5 Å². The first-order valence-electron chi connectivity index (χ1n) is 5.99. The van der Waals surface area contributed by atoms with E-state index in [4.69, 9.17) is 5.26 Å². The number of hydrogen-bond donors (Lipinski definition) is 0. The lowest BCUT2D eigenvalue weighted by molar-refractivity contribution is -0.143. The highest BCUT2D eigenvalue weighted by molar-refractivity contribution is 9.12. The van der Waals surface area contributed by atoms with Crippen molar-refractivity contribution in [2.75, 3.05) is 0 Å². The normalized spacial score (nSPS) is 13.0. The van der Waals surface area contributed by atoms with E-state index in [2.05, 4.69) is 26.0 Å². The van der Waals surface area contributed by atoms with E-state index in [9.17, 15) is 26.3 Å². The number of alkyl halides is 6. The summed E-state index contributed by atoms with van der Waals surface area (Å²) in [6.07, 6.45) is -7.72. The van der Waals surface area contributed by atoms with Crippen LogP contribution in [-0.4, -0.2) is 14.8 Å². The van der Waals surface area contributed by atoms with Crippen LogP contribution in [0.2, 0.25) is 0 Å². The van der Waals surface area contributed by atoms with Gasteiger partial charge in [0.2, 0.25) is 0 Å². The molecule has 0 bridgehead atoms. The summed E-state index contributed by atoms with van der Waals surface area (Å²) in [4.78, 5) is 3.66. The molecule has 0 radical (unpaired) electrons. The van der Waals surface area contributed by atoms with Crippen LogP contribution in [0.15, 0.2) is 29.0 Å². The molecule has 1 aromatic carbocycles. The molecular formula is C13H5BrF6N4. The number of allylic oxidation sites excluding steroid dienone is 1. The molecule has 0 saturated heterocycles. The largest absolute Gasteiger partial charge is 0.416 e. The highest BCUT2D eigenvalue weighted by Crippen LogP contribution is 2.38. The fourth-order valence-corrected chi connectivity index (χ4v) is 1.91. The van der Waals surface area contributed by atoms with Gasteiger partial charge in [0.05, 0.1) is 17.3 Å². The molecule has 0 aliphatic carbocycles. The van der Waals surface area contributed by atoms with Gasteiger partial charge in [-0.25, -0.2) is 9.67 Å². The van der Waals surface area contributed by atoms with Gasteiger partial charge in [-0.3, -0.25) is 0 Å². The summed E-state index contributed by atoms with van der Waals surface area (Å²) in [6, 6.07) is 2.78. The molecule has 0 spiro atoms. The van der Waals surface area contributed by atoms with Crippen LogP contribution < -0.4 is 0 Å². The molecule has 126 valence electrons. The Morgan fingerprint density at radius 1 is 1.08 bits per heavy atom. The fourth-order valence-electron chi connectivity index (χ4n) is 1.70. The second kappa shape index (κ2) is 6.27. The van der Waals surface area contributed by atoms with E-state index in [-0.39, 0.29) is 16.4 Å². The molecule has 24 heavy (non-hydrogen) atoms. The van der Waals surface area contributed by atoms with Gasteiger partial charge >= 0.3 is 12.4 Å². The maximum atomic E-state index is 12.8. The van der Waals surface area contributed by atoms with Crippen LogP contribution in [0.25, 0.3) is 17.6 Å². The molecule has 2 rings (SSSR count). The monoisotopic (exact) mass is 410 g/mol. The first-order chi connectivity index (χ1) is 11.0. The van der Waals surface area contributed by atoms with Crippen molar-refractivity contribution in [3.63, 3.8) is 0 Å². The quantitative estimate of drug-likeness (QED) is 0.532. The van der Waals surface area contributed by atoms with Crippen LogP contribution in [0.3, 0.4) is 0 Å². The molecule has 2 aromatic rings. The lowest BCUT2D eigenvalue weighted by Gasteiger charge is -2.13. The fraction of sp³-hybridized carbons (Fsp3) is 0.154. The second-order valence-electron chi connectivity index (χ2n) is 4.43. The number of nitriles is 1. The topological polar surface area (TPSA) is 54.5 Å². The van der Waals surface area contributed by atoms with Crippen molar-refractivity contribution in [2.45, 2.75) is 12.4 Å².